The molecule has 4 heteroatoms. The van der Waals surface area contributed by atoms with E-state index in [0.29, 0.717) is 5.56 Å². The summed E-state index contributed by atoms with van der Waals surface area (Å²) in [6.45, 7) is -0.0764. The van der Waals surface area contributed by atoms with Crippen LogP contribution in [0.4, 0.5) is 0 Å². The topological polar surface area (TPSA) is 85.8 Å². The summed E-state index contributed by atoms with van der Waals surface area (Å²) in [5.41, 5.74) is 13.0. The van der Waals surface area contributed by atoms with Crippen molar-refractivity contribution in [1.29, 1.82) is 5.26 Å². The number of benzene rings is 2. The van der Waals surface area contributed by atoms with Gasteiger partial charge in [0, 0.05) is 22.6 Å². The minimum absolute atomic E-state index is 0.0764. The molecule has 0 saturated carbocycles. The van der Waals surface area contributed by atoms with Gasteiger partial charge in [-0.05, 0) is 65.4 Å². The molecular weight excluding hydrogens is 286 g/mol. The Morgan fingerprint density at radius 1 is 1.26 bits per heavy atom. The predicted octanol–water partition coefficient (Wildman–Crippen LogP) is 3.14. The average Bonchev–Trinajstić information content (AvgIpc) is 3.18. The van der Waals surface area contributed by atoms with Gasteiger partial charge < -0.3 is 15.8 Å². The number of nitrogens with one attached hydrogen (secondary N) is 1. The van der Waals surface area contributed by atoms with Crippen molar-refractivity contribution in [2.24, 2.45) is 5.73 Å². The van der Waals surface area contributed by atoms with Crippen molar-refractivity contribution in [3.63, 3.8) is 0 Å². The Morgan fingerprint density at radius 3 is 2.91 bits per heavy atom. The molecule has 0 aliphatic heterocycles. The Hall–Kier alpha value is -2.61. The van der Waals surface area contributed by atoms with Gasteiger partial charge in [-0.15, -0.1) is 0 Å². The quantitative estimate of drug-likeness (QED) is 0.679. The highest BCUT2D eigenvalue weighted by atomic mass is 16.3. The predicted molar refractivity (Wildman–Crippen MR) is 89.6 cm³/mol. The van der Waals surface area contributed by atoms with Crippen molar-refractivity contribution in [1.82, 2.24) is 4.98 Å². The van der Waals surface area contributed by atoms with Crippen LogP contribution in [0.3, 0.4) is 0 Å². The number of aromatic amines is 1. The third kappa shape index (κ3) is 2.22. The largest absolute Gasteiger partial charge is 0.392 e. The van der Waals surface area contributed by atoms with Crippen LogP contribution in [0.15, 0.2) is 36.4 Å². The number of aliphatic hydroxyl groups is 1. The van der Waals surface area contributed by atoms with Crippen LogP contribution in [-0.2, 0) is 13.0 Å². The monoisotopic (exact) mass is 303 g/mol. The Balaban J connectivity index is 1.89. The van der Waals surface area contributed by atoms with Crippen LogP contribution >= 0.6 is 0 Å². The second-order valence-electron chi connectivity index (χ2n) is 6.11. The standard InChI is InChI=1S/C19H17N3O/c20-9-11-5-12(10-23)7-13(6-11)19-8-16-14-1-3-17(21)15(14)2-4-18(16)22-19/h2,4-8,17,22-23H,1,3,10,21H2/t17-/m1/s1. The number of aromatic nitrogens is 1. The summed E-state index contributed by atoms with van der Waals surface area (Å²) < 4.78 is 0. The summed E-state index contributed by atoms with van der Waals surface area (Å²) >= 11 is 0. The number of H-pyrrole nitrogens is 1. The summed E-state index contributed by atoms with van der Waals surface area (Å²) in [5.74, 6) is 0. The molecule has 1 aliphatic carbocycles. The van der Waals surface area contributed by atoms with E-state index in [0.717, 1.165) is 35.2 Å². The Morgan fingerprint density at radius 2 is 2.13 bits per heavy atom. The van der Waals surface area contributed by atoms with Crippen molar-refractivity contribution in [2.45, 2.75) is 25.5 Å². The molecule has 1 aromatic heterocycles. The SMILES string of the molecule is N#Cc1cc(CO)cc(-c2cc3c4c(ccc3[nH]2)[C@H](N)CC4)c1. The molecule has 0 fully saturated rings. The summed E-state index contributed by atoms with van der Waals surface area (Å²) in [5, 5.41) is 19.8. The number of nitrogens with zero attached hydrogens (tertiary/aromatic N) is 1. The lowest BCUT2D eigenvalue weighted by Gasteiger charge is -2.04. The van der Waals surface area contributed by atoms with Crippen LogP contribution in [0.5, 0.6) is 0 Å². The molecule has 23 heavy (non-hydrogen) atoms. The molecule has 4 rings (SSSR count). The molecular formula is C19H17N3O. The Labute approximate surface area is 134 Å². The van der Waals surface area contributed by atoms with E-state index in [1.807, 2.05) is 12.1 Å². The van der Waals surface area contributed by atoms with Crippen molar-refractivity contribution in [3.8, 4) is 17.3 Å². The molecule has 0 spiro atoms. The molecule has 0 unspecified atom stereocenters. The lowest BCUT2D eigenvalue weighted by Crippen LogP contribution is -2.04. The number of nitrogens with two attached hydrogens (primary N) is 1. The number of hydrogen-bond acceptors (Lipinski definition) is 3. The third-order valence-corrected chi connectivity index (χ3v) is 4.67. The molecule has 1 atom stereocenters. The van der Waals surface area contributed by atoms with Gasteiger partial charge in [-0.25, -0.2) is 0 Å². The maximum Gasteiger partial charge on any atom is 0.0991 e. The zero-order chi connectivity index (χ0) is 16.0. The van der Waals surface area contributed by atoms with Crippen molar-refractivity contribution < 1.29 is 5.11 Å². The minimum Gasteiger partial charge on any atom is -0.392 e. The van der Waals surface area contributed by atoms with Gasteiger partial charge in [0.2, 0.25) is 0 Å². The van der Waals surface area contributed by atoms with Crippen LogP contribution in [-0.4, -0.2) is 10.1 Å². The fourth-order valence-corrected chi connectivity index (χ4v) is 3.52. The van der Waals surface area contributed by atoms with Gasteiger partial charge in [0.15, 0.2) is 0 Å². The van der Waals surface area contributed by atoms with E-state index < -0.39 is 0 Å². The number of aryl methyl sites for hydroxylation is 1. The number of aliphatic hydroxyl groups excluding tert-OH is 1. The molecule has 0 amide bonds. The fraction of sp³-hybridized carbons (Fsp3) is 0.211. The Bertz CT molecular complexity index is 949. The van der Waals surface area contributed by atoms with Gasteiger partial charge in [-0.1, -0.05) is 6.07 Å². The second kappa shape index (κ2) is 5.24. The minimum atomic E-state index is -0.0764. The summed E-state index contributed by atoms with van der Waals surface area (Å²) in [4.78, 5) is 3.43. The van der Waals surface area contributed by atoms with Gasteiger partial charge in [-0.3, -0.25) is 0 Å². The van der Waals surface area contributed by atoms with E-state index in [4.69, 9.17) is 11.0 Å². The van der Waals surface area contributed by atoms with Crippen molar-refractivity contribution >= 4 is 10.9 Å². The maximum absolute atomic E-state index is 9.39. The molecule has 4 nitrogen and oxygen atoms in total. The summed E-state index contributed by atoms with van der Waals surface area (Å²) in [6.07, 6.45) is 2.00. The zero-order valence-corrected chi connectivity index (χ0v) is 12.6. The molecule has 0 saturated heterocycles. The highest BCUT2D eigenvalue weighted by Gasteiger charge is 2.21. The first kappa shape index (κ1) is 14.0. The zero-order valence-electron chi connectivity index (χ0n) is 12.6. The van der Waals surface area contributed by atoms with E-state index in [2.05, 4.69) is 29.3 Å². The second-order valence-corrected chi connectivity index (χ2v) is 6.11. The number of nitriles is 1. The average molecular weight is 303 g/mol. The molecule has 4 N–H and O–H groups in total. The highest BCUT2D eigenvalue weighted by molar-refractivity contribution is 5.90. The molecule has 114 valence electrons. The van der Waals surface area contributed by atoms with Crippen molar-refractivity contribution in [2.75, 3.05) is 0 Å². The number of fused-ring (bicyclic) bond motifs is 3. The summed E-state index contributed by atoms with van der Waals surface area (Å²) in [6, 6.07) is 14.1. The van der Waals surface area contributed by atoms with E-state index >= 15 is 0 Å². The number of rotatable bonds is 2. The Kier molecular flexibility index (Phi) is 3.19. The van der Waals surface area contributed by atoms with Crippen molar-refractivity contribution in [3.05, 3.63) is 58.7 Å². The van der Waals surface area contributed by atoms with Crippen LogP contribution in [0.2, 0.25) is 0 Å². The number of hydrogen-bond donors (Lipinski definition) is 3. The first-order chi connectivity index (χ1) is 11.2. The maximum atomic E-state index is 9.39. The van der Waals surface area contributed by atoms with E-state index in [9.17, 15) is 5.11 Å². The van der Waals surface area contributed by atoms with E-state index in [1.54, 1.807) is 6.07 Å². The molecule has 1 aliphatic rings. The fourth-order valence-electron chi connectivity index (χ4n) is 3.52. The van der Waals surface area contributed by atoms with Gasteiger partial charge in [0.25, 0.3) is 0 Å². The first-order valence-corrected chi connectivity index (χ1v) is 7.75. The third-order valence-electron chi connectivity index (χ3n) is 4.67. The first-order valence-electron chi connectivity index (χ1n) is 7.75. The van der Waals surface area contributed by atoms with Gasteiger partial charge in [0.05, 0.1) is 18.2 Å². The lowest BCUT2D eigenvalue weighted by atomic mass is 10.0. The molecule has 0 bridgehead atoms. The molecule has 0 radical (unpaired) electrons. The van der Waals surface area contributed by atoms with Gasteiger partial charge in [0.1, 0.15) is 0 Å². The normalized spacial score (nSPS) is 16.5. The van der Waals surface area contributed by atoms with Crippen LogP contribution in [0, 0.1) is 11.3 Å². The van der Waals surface area contributed by atoms with Crippen LogP contribution in [0.25, 0.3) is 22.2 Å². The summed E-state index contributed by atoms with van der Waals surface area (Å²) in [7, 11) is 0. The van der Waals surface area contributed by atoms with E-state index in [1.165, 1.54) is 16.5 Å². The van der Waals surface area contributed by atoms with E-state index in [-0.39, 0.29) is 12.6 Å². The molecule has 2 aromatic carbocycles. The smallest absolute Gasteiger partial charge is 0.0991 e. The molecule has 3 aromatic rings. The van der Waals surface area contributed by atoms with Gasteiger partial charge >= 0.3 is 0 Å². The highest BCUT2D eigenvalue weighted by Crippen LogP contribution is 2.36. The molecule has 1 heterocycles. The van der Waals surface area contributed by atoms with Crippen LogP contribution in [0.1, 0.15) is 34.7 Å². The lowest BCUT2D eigenvalue weighted by molar-refractivity contribution is 0.282. The van der Waals surface area contributed by atoms with Gasteiger partial charge in [-0.2, -0.15) is 5.26 Å². The van der Waals surface area contributed by atoms with Crippen LogP contribution < -0.4 is 5.73 Å².